The number of hydrogen-bond donors (Lipinski definition) is 2. The van der Waals surface area contributed by atoms with Gasteiger partial charge in [0.1, 0.15) is 5.38 Å². The summed E-state index contributed by atoms with van der Waals surface area (Å²) in [5.41, 5.74) is 1.71. The molecule has 0 fully saturated rings. The predicted molar refractivity (Wildman–Crippen MR) is 75.6 cm³/mol. The normalized spacial score (nSPS) is 11.9. The van der Waals surface area contributed by atoms with E-state index in [0.717, 1.165) is 11.1 Å². The monoisotopic (exact) mass is 284 g/mol. The highest BCUT2D eigenvalue weighted by molar-refractivity contribution is 6.29. The average Bonchev–Trinajstić information content (AvgIpc) is 2.30. The number of nitrogens with zero attached hydrogens (tertiary/aromatic N) is 1. The number of benzene rings is 1. The lowest BCUT2D eigenvalue weighted by Gasteiger charge is -2.04. The van der Waals surface area contributed by atoms with E-state index < -0.39 is 11.3 Å². The van der Waals surface area contributed by atoms with E-state index in [1.165, 1.54) is 6.92 Å². The predicted octanol–water partition coefficient (Wildman–Crippen LogP) is 2.09. The Morgan fingerprint density at radius 2 is 1.95 bits per heavy atom. The van der Waals surface area contributed by atoms with Gasteiger partial charge in [-0.05, 0) is 24.5 Å². The van der Waals surface area contributed by atoms with E-state index >= 15 is 0 Å². The number of carboxylic acid groups (broad SMARTS) is 1. The Morgan fingerprint density at radius 1 is 1.37 bits per heavy atom. The minimum absolute atomic E-state index is 0. The molecule has 0 aliphatic carbocycles. The molecule has 6 heteroatoms. The molecule has 0 aromatic heterocycles. The van der Waals surface area contributed by atoms with Crippen LogP contribution in [0.2, 0.25) is 0 Å². The molecule has 0 amide bonds. The van der Waals surface area contributed by atoms with Gasteiger partial charge in [-0.25, -0.2) is 0 Å². The number of rotatable bonds is 6. The number of carbonyl (C=O) groups is 2. The molecule has 0 saturated heterocycles. The van der Waals surface area contributed by atoms with Crippen molar-refractivity contribution in [2.24, 2.45) is 4.99 Å². The fraction of sp³-hybridized carbons (Fsp3) is 0.308. The summed E-state index contributed by atoms with van der Waals surface area (Å²) in [6.45, 7) is 1.65. The van der Waals surface area contributed by atoms with Crippen molar-refractivity contribution >= 4 is 29.6 Å². The van der Waals surface area contributed by atoms with Crippen LogP contribution in [-0.2, 0) is 16.0 Å². The molecule has 0 radical (unpaired) electrons. The van der Waals surface area contributed by atoms with E-state index in [0.29, 0.717) is 0 Å². The van der Waals surface area contributed by atoms with Crippen molar-refractivity contribution in [3.05, 3.63) is 35.4 Å². The SMILES string of the molecule is CC(=O)CN=Cc1ccc(CC(Cl)C(=O)O)cc1.N. The van der Waals surface area contributed by atoms with Crippen molar-refractivity contribution in [2.75, 3.05) is 6.54 Å². The Bertz CT molecular complexity index is 457. The lowest BCUT2D eigenvalue weighted by atomic mass is 10.1. The first kappa shape index (κ1) is 17.3. The van der Waals surface area contributed by atoms with Gasteiger partial charge in [-0.2, -0.15) is 0 Å². The molecule has 0 aliphatic rings. The van der Waals surface area contributed by atoms with Gasteiger partial charge in [-0.3, -0.25) is 14.6 Å². The van der Waals surface area contributed by atoms with Crippen molar-refractivity contribution in [3.8, 4) is 0 Å². The second-order valence-corrected chi connectivity index (χ2v) is 4.45. The number of carbonyl (C=O) groups excluding carboxylic acids is 1. The third-order valence-electron chi connectivity index (χ3n) is 2.22. The molecule has 104 valence electrons. The number of ketones is 1. The van der Waals surface area contributed by atoms with Gasteiger partial charge in [0.05, 0.1) is 6.54 Å². The number of alkyl halides is 1. The Labute approximate surface area is 116 Å². The van der Waals surface area contributed by atoms with Gasteiger partial charge < -0.3 is 11.3 Å². The van der Waals surface area contributed by atoms with E-state index in [-0.39, 0.29) is 24.9 Å². The summed E-state index contributed by atoms with van der Waals surface area (Å²) in [6.07, 6.45) is 1.89. The van der Waals surface area contributed by atoms with E-state index in [9.17, 15) is 9.59 Å². The van der Waals surface area contributed by atoms with E-state index in [4.69, 9.17) is 16.7 Å². The first-order valence-electron chi connectivity index (χ1n) is 5.44. The van der Waals surface area contributed by atoms with Gasteiger partial charge in [0.2, 0.25) is 0 Å². The number of Topliss-reactive ketones (excluding diaryl/α,β-unsaturated/α-hetero) is 1. The van der Waals surface area contributed by atoms with Crippen LogP contribution in [0.3, 0.4) is 0 Å². The number of aliphatic carboxylic acids is 1. The first-order valence-corrected chi connectivity index (χ1v) is 5.88. The van der Waals surface area contributed by atoms with E-state index in [1.54, 1.807) is 18.3 Å². The van der Waals surface area contributed by atoms with Crippen LogP contribution < -0.4 is 6.15 Å². The quantitative estimate of drug-likeness (QED) is 0.617. The third kappa shape index (κ3) is 6.69. The Balaban J connectivity index is 0.00000324. The molecule has 0 heterocycles. The standard InChI is InChI=1S/C13H14ClNO3.H3N/c1-9(16)7-15-8-11-4-2-10(3-5-11)6-12(14)13(17)18;/h2-5,8,12H,6-7H2,1H3,(H,17,18);1H3. The maximum absolute atomic E-state index is 10.7. The highest BCUT2D eigenvalue weighted by Crippen LogP contribution is 2.09. The summed E-state index contributed by atoms with van der Waals surface area (Å²) in [7, 11) is 0. The summed E-state index contributed by atoms with van der Waals surface area (Å²) in [5, 5.41) is 7.77. The van der Waals surface area contributed by atoms with Gasteiger partial charge in [-0.1, -0.05) is 24.3 Å². The molecular weight excluding hydrogens is 268 g/mol. The van der Waals surface area contributed by atoms with Crippen LogP contribution in [-0.4, -0.2) is 35.0 Å². The van der Waals surface area contributed by atoms with Crippen molar-refractivity contribution in [3.63, 3.8) is 0 Å². The summed E-state index contributed by atoms with van der Waals surface area (Å²) in [4.78, 5) is 25.2. The van der Waals surface area contributed by atoms with Gasteiger partial charge >= 0.3 is 5.97 Å². The fourth-order valence-electron chi connectivity index (χ4n) is 1.31. The van der Waals surface area contributed by atoms with Gasteiger partial charge in [-0.15, -0.1) is 11.6 Å². The Hall–Kier alpha value is -1.72. The Kier molecular flexibility index (Phi) is 7.63. The summed E-state index contributed by atoms with van der Waals surface area (Å²) in [6, 6.07) is 7.22. The second-order valence-electron chi connectivity index (χ2n) is 3.92. The van der Waals surface area contributed by atoms with Crippen molar-refractivity contribution < 1.29 is 14.7 Å². The molecular formula is C13H17ClN2O3. The molecule has 0 aliphatic heterocycles. The highest BCUT2D eigenvalue weighted by Gasteiger charge is 2.13. The average molecular weight is 285 g/mol. The molecule has 0 bridgehead atoms. The second kappa shape index (κ2) is 8.39. The summed E-state index contributed by atoms with van der Waals surface area (Å²) < 4.78 is 0. The third-order valence-corrected chi connectivity index (χ3v) is 2.56. The molecule has 1 unspecified atom stereocenters. The smallest absolute Gasteiger partial charge is 0.321 e. The van der Waals surface area contributed by atoms with Crippen LogP contribution in [0, 0.1) is 0 Å². The minimum Gasteiger partial charge on any atom is -0.480 e. The maximum Gasteiger partial charge on any atom is 0.321 e. The van der Waals surface area contributed by atoms with Gasteiger partial charge in [0.15, 0.2) is 5.78 Å². The summed E-state index contributed by atoms with van der Waals surface area (Å²) >= 11 is 5.65. The topological polar surface area (TPSA) is 102 Å². The minimum atomic E-state index is -1.02. The van der Waals surface area contributed by atoms with Crippen LogP contribution in [0.15, 0.2) is 29.3 Å². The number of aliphatic imine (C=N–C) groups is 1. The van der Waals surface area contributed by atoms with Crippen LogP contribution in [0.5, 0.6) is 0 Å². The van der Waals surface area contributed by atoms with Crippen molar-refractivity contribution in [1.29, 1.82) is 0 Å². The molecule has 4 N–H and O–H groups in total. The van der Waals surface area contributed by atoms with Gasteiger partial charge in [0, 0.05) is 6.21 Å². The largest absolute Gasteiger partial charge is 0.480 e. The van der Waals surface area contributed by atoms with Gasteiger partial charge in [0.25, 0.3) is 0 Å². The van der Waals surface area contributed by atoms with E-state index in [1.807, 2.05) is 12.1 Å². The van der Waals surface area contributed by atoms with E-state index in [2.05, 4.69) is 4.99 Å². The van der Waals surface area contributed by atoms with Crippen LogP contribution in [0.1, 0.15) is 18.1 Å². The lowest BCUT2D eigenvalue weighted by Crippen LogP contribution is -2.15. The fourth-order valence-corrected chi connectivity index (χ4v) is 1.49. The first-order chi connectivity index (χ1) is 8.49. The highest BCUT2D eigenvalue weighted by atomic mass is 35.5. The van der Waals surface area contributed by atoms with Crippen LogP contribution >= 0.6 is 11.6 Å². The number of carboxylic acids is 1. The summed E-state index contributed by atoms with van der Waals surface area (Å²) in [5.74, 6) is -1.02. The molecule has 5 nitrogen and oxygen atoms in total. The molecule has 1 aromatic carbocycles. The van der Waals surface area contributed by atoms with Crippen LogP contribution in [0.25, 0.3) is 0 Å². The molecule has 19 heavy (non-hydrogen) atoms. The van der Waals surface area contributed by atoms with Crippen LogP contribution in [0.4, 0.5) is 0 Å². The zero-order valence-corrected chi connectivity index (χ0v) is 11.4. The number of hydrogen-bond acceptors (Lipinski definition) is 4. The zero-order chi connectivity index (χ0) is 13.5. The molecule has 0 spiro atoms. The van der Waals surface area contributed by atoms with Crippen molar-refractivity contribution in [2.45, 2.75) is 18.7 Å². The zero-order valence-electron chi connectivity index (χ0n) is 10.7. The maximum atomic E-state index is 10.7. The molecule has 1 rings (SSSR count). The lowest BCUT2D eigenvalue weighted by molar-refractivity contribution is -0.136. The van der Waals surface area contributed by atoms with Crippen molar-refractivity contribution in [1.82, 2.24) is 6.15 Å². The Morgan fingerprint density at radius 3 is 2.42 bits per heavy atom. The molecule has 1 atom stereocenters. The number of halogens is 1. The molecule has 0 saturated carbocycles. The molecule has 1 aromatic rings.